The minimum absolute atomic E-state index is 0.0482. The van der Waals surface area contributed by atoms with Crippen molar-refractivity contribution in [3.63, 3.8) is 0 Å². The second-order valence-electron chi connectivity index (χ2n) is 13.8. The third kappa shape index (κ3) is 6.96. The number of aromatic nitrogens is 3. The van der Waals surface area contributed by atoms with Gasteiger partial charge in [-0.05, 0) is 71.0 Å². The lowest BCUT2D eigenvalue weighted by Crippen LogP contribution is -2.40. The highest BCUT2D eigenvalue weighted by molar-refractivity contribution is 5.95. The van der Waals surface area contributed by atoms with Crippen molar-refractivity contribution in [3.05, 3.63) is 186 Å². The van der Waals surface area contributed by atoms with Crippen LogP contribution >= 0.6 is 0 Å². The highest BCUT2D eigenvalue weighted by atomic mass is 19.4. The molecule has 0 saturated carbocycles. The van der Waals surface area contributed by atoms with Crippen LogP contribution in [0.15, 0.2) is 152 Å². The summed E-state index contributed by atoms with van der Waals surface area (Å²) in [5, 5.41) is 8.10. The molecule has 55 heavy (non-hydrogen) atoms. The molecule has 1 saturated heterocycles. The summed E-state index contributed by atoms with van der Waals surface area (Å²) in [6.07, 6.45) is -0.341. The fourth-order valence-corrected chi connectivity index (χ4v) is 7.79. The maximum Gasteiger partial charge on any atom is 0.435 e. The molecule has 276 valence electrons. The Bertz CT molecular complexity index is 2310. The third-order valence-electron chi connectivity index (χ3n) is 10.5. The molecule has 0 radical (unpaired) electrons. The highest BCUT2D eigenvalue weighted by Gasteiger charge is 2.44. The number of hydrogen-bond acceptors (Lipinski definition) is 4. The lowest BCUT2D eigenvalue weighted by molar-refractivity contribution is -0.141. The third-order valence-corrected chi connectivity index (χ3v) is 10.5. The van der Waals surface area contributed by atoms with E-state index >= 15 is 13.2 Å². The van der Waals surface area contributed by atoms with Crippen molar-refractivity contribution in [1.82, 2.24) is 20.1 Å². The number of carbonyl (C=O) groups excluding carboxylic acids is 1. The topological polar surface area (TPSA) is 63.1 Å². The monoisotopic (exact) mass is 739 g/mol. The molecule has 0 spiro atoms. The Balaban J connectivity index is 1.16. The normalized spacial score (nSPS) is 13.9. The van der Waals surface area contributed by atoms with Crippen LogP contribution in [0, 0.1) is 11.7 Å². The zero-order valence-electron chi connectivity index (χ0n) is 29.8. The fourth-order valence-electron chi connectivity index (χ4n) is 7.79. The summed E-state index contributed by atoms with van der Waals surface area (Å²) in [6, 6.07) is 41.5. The van der Waals surface area contributed by atoms with E-state index in [0.29, 0.717) is 48.9 Å². The van der Waals surface area contributed by atoms with Gasteiger partial charge in [-0.3, -0.25) is 14.5 Å². The van der Waals surface area contributed by atoms with Crippen molar-refractivity contribution in [2.24, 2.45) is 5.92 Å². The number of alkyl halides is 3. The van der Waals surface area contributed by atoms with Gasteiger partial charge in [-0.2, -0.15) is 18.3 Å². The number of anilines is 1. The Labute approximate surface area is 316 Å². The molecule has 10 heteroatoms. The van der Waals surface area contributed by atoms with Crippen LogP contribution in [-0.2, 0) is 23.1 Å². The van der Waals surface area contributed by atoms with E-state index < -0.39 is 17.4 Å². The van der Waals surface area contributed by atoms with Gasteiger partial charge in [0.15, 0.2) is 5.69 Å². The van der Waals surface area contributed by atoms with E-state index in [1.54, 1.807) is 36.5 Å². The Hall–Kier alpha value is -6.29. The summed E-state index contributed by atoms with van der Waals surface area (Å²) in [6.45, 7) is 1.48. The van der Waals surface area contributed by atoms with Crippen LogP contribution in [0.5, 0.6) is 0 Å². The average Bonchev–Trinajstić information content (AvgIpc) is 3.69. The van der Waals surface area contributed by atoms with Crippen molar-refractivity contribution in [3.8, 4) is 11.1 Å². The summed E-state index contributed by atoms with van der Waals surface area (Å²) in [7, 11) is 0. The molecular formula is C45H37F4N5O. The molecule has 0 bridgehead atoms. The summed E-state index contributed by atoms with van der Waals surface area (Å²) in [5.41, 5.74) is 2.66. The number of nitrogens with one attached hydrogen (secondary N) is 1. The molecule has 0 aliphatic carbocycles. The average molecular weight is 740 g/mol. The van der Waals surface area contributed by atoms with Crippen molar-refractivity contribution in [2.45, 2.75) is 31.1 Å². The second-order valence-corrected chi connectivity index (χ2v) is 13.8. The molecular weight excluding hydrogens is 703 g/mol. The van der Waals surface area contributed by atoms with Crippen LogP contribution in [0.2, 0.25) is 0 Å². The van der Waals surface area contributed by atoms with Gasteiger partial charge in [0, 0.05) is 54.6 Å². The van der Waals surface area contributed by atoms with Crippen LogP contribution in [0.25, 0.3) is 22.0 Å². The number of amides is 1. The SMILES string of the molecule is O=C(NCc1ccc(F)cc1)C1CCN(c2ccnc3ccc(-c4cn(C(c5ccccc5)(c5ccccc5)c5ccccc5)nc4C(F)(F)F)cc23)CC1. The van der Waals surface area contributed by atoms with Gasteiger partial charge in [0.05, 0.1) is 5.52 Å². The van der Waals surface area contributed by atoms with Gasteiger partial charge >= 0.3 is 6.18 Å². The Morgan fingerprint density at radius 1 is 0.745 bits per heavy atom. The molecule has 1 N–H and O–H groups in total. The zero-order valence-corrected chi connectivity index (χ0v) is 29.8. The molecule has 8 rings (SSSR count). The summed E-state index contributed by atoms with van der Waals surface area (Å²) in [5.74, 6) is -0.579. The van der Waals surface area contributed by atoms with Crippen molar-refractivity contribution >= 4 is 22.5 Å². The zero-order chi connectivity index (χ0) is 38.0. The van der Waals surface area contributed by atoms with E-state index in [1.807, 2.05) is 97.1 Å². The lowest BCUT2D eigenvalue weighted by atomic mass is 9.77. The molecule has 3 heterocycles. The predicted octanol–water partition coefficient (Wildman–Crippen LogP) is 9.63. The number of benzene rings is 5. The highest BCUT2D eigenvalue weighted by Crippen LogP contribution is 2.45. The minimum Gasteiger partial charge on any atom is -0.371 e. The summed E-state index contributed by atoms with van der Waals surface area (Å²) >= 11 is 0. The molecule has 1 fully saturated rings. The minimum atomic E-state index is -4.76. The van der Waals surface area contributed by atoms with Crippen LogP contribution in [0.3, 0.4) is 0 Å². The van der Waals surface area contributed by atoms with Crippen LogP contribution in [-0.4, -0.2) is 33.8 Å². The van der Waals surface area contributed by atoms with E-state index in [0.717, 1.165) is 27.9 Å². The molecule has 1 amide bonds. The van der Waals surface area contributed by atoms with Gasteiger partial charge in [-0.1, -0.05) is 109 Å². The van der Waals surface area contributed by atoms with E-state index in [2.05, 4.69) is 20.3 Å². The summed E-state index contributed by atoms with van der Waals surface area (Å²) < 4.78 is 60.2. The molecule has 2 aromatic heterocycles. The number of hydrogen-bond donors (Lipinski definition) is 1. The quantitative estimate of drug-likeness (QED) is 0.118. The van der Waals surface area contributed by atoms with Gasteiger partial charge in [0.25, 0.3) is 0 Å². The number of fused-ring (bicyclic) bond motifs is 1. The van der Waals surface area contributed by atoms with Gasteiger partial charge in [-0.15, -0.1) is 0 Å². The first-order valence-corrected chi connectivity index (χ1v) is 18.2. The van der Waals surface area contributed by atoms with E-state index in [1.165, 1.54) is 23.0 Å². The van der Waals surface area contributed by atoms with Crippen molar-refractivity contribution < 1.29 is 22.4 Å². The van der Waals surface area contributed by atoms with Crippen LogP contribution < -0.4 is 10.2 Å². The number of rotatable bonds is 9. The molecule has 1 aliphatic heterocycles. The second kappa shape index (κ2) is 14.9. The van der Waals surface area contributed by atoms with E-state index in [4.69, 9.17) is 0 Å². The first-order valence-electron chi connectivity index (χ1n) is 18.2. The Morgan fingerprint density at radius 3 is 1.89 bits per heavy atom. The van der Waals surface area contributed by atoms with Crippen molar-refractivity contribution in [1.29, 1.82) is 0 Å². The van der Waals surface area contributed by atoms with Crippen LogP contribution in [0.1, 0.15) is 40.8 Å². The number of nitrogens with zero attached hydrogens (tertiary/aromatic N) is 4. The van der Waals surface area contributed by atoms with Gasteiger partial charge in [0.1, 0.15) is 11.4 Å². The Morgan fingerprint density at radius 2 is 1.33 bits per heavy atom. The van der Waals surface area contributed by atoms with Gasteiger partial charge in [0.2, 0.25) is 5.91 Å². The first-order chi connectivity index (χ1) is 26.7. The van der Waals surface area contributed by atoms with Crippen molar-refractivity contribution in [2.75, 3.05) is 18.0 Å². The standard InChI is InChI=1S/C45H37F4N5O/c46-37-19-16-31(17-20-37)29-51-43(55)32-23-26-53(27-24-32)41-22-25-50-40-21-18-33(28-38(40)41)39-30-54(52-42(39)45(47,48)49)44(34-10-4-1-5-11-34,35-12-6-2-7-13-35)36-14-8-3-9-15-36/h1-22,25,28,30,32H,23-24,26-27,29H2,(H,51,55). The van der Waals surface area contributed by atoms with Crippen LogP contribution in [0.4, 0.5) is 23.2 Å². The molecule has 7 aromatic rings. The maximum absolute atomic E-state index is 15.2. The largest absolute Gasteiger partial charge is 0.435 e. The maximum atomic E-state index is 15.2. The fraction of sp³-hybridized carbons (Fsp3) is 0.178. The number of piperidine rings is 1. The smallest absolute Gasteiger partial charge is 0.371 e. The number of carbonyl (C=O) groups is 1. The molecule has 6 nitrogen and oxygen atoms in total. The number of halogens is 4. The molecule has 0 atom stereocenters. The Kier molecular flexibility index (Phi) is 9.65. The predicted molar refractivity (Wildman–Crippen MR) is 206 cm³/mol. The van der Waals surface area contributed by atoms with Gasteiger partial charge in [-0.25, -0.2) is 4.39 Å². The molecule has 5 aromatic carbocycles. The van der Waals surface area contributed by atoms with E-state index in [-0.39, 0.29) is 23.2 Å². The van der Waals surface area contributed by atoms with E-state index in [9.17, 15) is 9.18 Å². The molecule has 1 aliphatic rings. The molecule has 0 unspecified atom stereocenters. The first kappa shape index (κ1) is 35.7. The number of pyridine rings is 1. The lowest BCUT2D eigenvalue weighted by Gasteiger charge is -2.36. The summed E-state index contributed by atoms with van der Waals surface area (Å²) in [4.78, 5) is 19.8. The van der Waals surface area contributed by atoms with Gasteiger partial charge < -0.3 is 10.2 Å².